The Morgan fingerprint density at radius 2 is 2.00 bits per heavy atom. The maximum atomic E-state index is 10.4. The van der Waals surface area contributed by atoms with Gasteiger partial charge in [0.15, 0.2) is 12.1 Å². The molecule has 1 unspecified atom stereocenters. The Bertz CT molecular complexity index is 444. The Labute approximate surface area is 142 Å². The number of aliphatic hydroxyl groups excluding tert-OH is 1. The van der Waals surface area contributed by atoms with Gasteiger partial charge in [0.1, 0.15) is 31.2 Å². The summed E-state index contributed by atoms with van der Waals surface area (Å²) in [5, 5.41) is 10.4. The third-order valence-corrected chi connectivity index (χ3v) is 4.49. The minimum Gasteiger partial charge on any atom is -0.386 e. The molecule has 2 aliphatic heterocycles. The van der Waals surface area contributed by atoms with E-state index in [0.29, 0.717) is 6.61 Å². The van der Waals surface area contributed by atoms with Gasteiger partial charge in [-0.25, -0.2) is 0 Å². The number of fused-ring (bicyclic) bond motifs is 1. The molecule has 2 fully saturated rings. The van der Waals surface area contributed by atoms with Gasteiger partial charge >= 0.3 is 0 Å². The molecule has 3 rings (SSSR count). The van der Waals surface area contributed by atoms with Crippen LogP contribution in [0.15, 0.2) is 11.6 Å². The quantitative estimate of drug-likeness (QED) is 0.575. The van der Waals surface area contributed by atoms with Crippen LogP contribution < -0.4 is 0 Å². The fourth-order valence-electron chi connectivity index (χ4n) is 3.44. The fourth-order valence-corrected chi connectivity index (χ4v) is 3.44. The predicted molar refractivity (Wildman–Crippen MR) is 84.2 cm³/mol. The molecule has 0 aromatic heterocycles. The number of aliphatic hydroxyl groups is 1. The summed E-state index contributed by atoms with van der Waals surface area (Å²) in [6, 6.07) is 0. The Morgan fingerprint density at radius 3 is 2.71 bits per heavy atom. The Hall–Kier alpha value is -0.540. The first-order chi connectivity index (χ1) is 11.5. The molecule has 0 aromatic rings. The predicted octanol–water partition coefficient (Wildman–Crippen LogP) is 1.34. The van der Waals surface area contributed by atoms with Crippen LogP contribution in [0.25, 0.3) is 0 Å². The zero-order valence-corrected chi connectivity index (χ0v) is 14.6. The van der Waals surface area contributed by atoms with E-state index in [1.54, 1.807) is 13.2 Å². The van der Waals surface area contributed by atoms with Crippen molar-refractivity contribution in [3.05, 3.63) is 11.6 Å². The fraction of sp³-hybridized carbons (Fsp3) is 0.882. The van der Waals surface area contributed by atoms with Crippen molar-refractivity contribution < 1.29 is 33.5 Å². The molecule has 138 valence electrons. The van der Waals surface area contributed by atoms with Crippen LogP contribution in [0.4, 0.5) is 0 Å². The van der Waals surface area contributed by atoms with E-state index in [9.17, 15) is 5.11 Å². The van der Waals surface area contributed by atoms with Gasteiger partial charge < -0.3 is 33.5 Å². The molecular formula is C17H28O7. The van der Waals surface area contributed by atoms with Crippen molar-refractivity contribution in [1.82, 2.24) is 0 Å². The van der Waals surface area contributed by atoms with Gasteiger partial charge in [-0.15, -0.1) is 0 Å². The molecule has 2 heterocycles. The molecule has 0 radical (unpaired) electrons. The van der Waals surface area contributed by atoms with Crippen LogP contribution >= 0.6 is 0 Å². The Kier molecular flexibility index (Phi) is 5.92. The number of methoxy groups -OCH3 is 1. The van der Waals surface area contributed by atoms with E-state index < -0.39 is 24.1 Å². The lowest BCUT2D eigenvalue weighted by molar-refractivity contribution is -0.173. The highest BCUT2D eigenvalue weighted by Crippen LogP contribution is 2.38. The van der Waals surface area contributed by atoms with Crippen molar-refractivity contribution in [1.29, 1.82) is 0 Å². The monoisotopic (exact) mass is 344 g/mol. The van der Waals surface area contributed by atoms with Crippen LogP contribution in [0.5, 0.6) is 0 Å². The van der Waals surface area contributed by atoms with Crippen LogP contribution in [-0.4, -0.2) is 68.7 Å². The van der Waals surface area contributed by atoms with Crippen molar-refractivity contribution in [3.8, 4) is 0 Å². The topological polar surface area (TPSA) is 75.6 Å². The van der Waals surface area contributed by atoms with Crippen molar-refractivity contribution >= 4 is 0 Å². The first-order valence-corrected chi connectivity index (χ1v) is 8.58. The molecule has 0 bridgehead atoms. The molecule has 1 aliphatic carbocycles. The van der Waals surface area contributed by atoms with Gasteiger partial charge in [0, 0.05) is 13.7 Å². The first kappa shape index (κ1) is 18.3. The highest BCUT2D eigenvalue weighted by atomic mass is 16.8. The standard InChI is InChI=1S/C17H28O7/c1-17(2)23-15-12(18)8-11(9-21-13-6-4-5-7-20-13)14(16(15)24-17)22-10-19-3/h8,12-16,18H,4-7,9-10H2,1-3H3/t12-,13?,14+,15-,16+/m0/s1. The zero-order chi connectivity index (χ0) is 17.2. The van der Waals surface area contributed by atoms with Crippen molar-refractivity contribution in [2.45, 2.75) is 69.6 Å². The molecule has 7 nitrogen and oxygen atoms in total. The van der Waals surface area contributed by atoms with Gasteiger partial charge in [-0.05, 0) is 44.8 Å². The smallest absolute Gasteiger partial charge is 0.164 e. The second-order valence-electron chi connectivity index (χ2n) is 6.90. The van der Waals surface area contributed by atoms with Crippen molar-refractivity contribution in [3.63, 3.8) is 0 Å². The van der Waals surface area contributed by atoms with E-state index in [0.717, 1.165) is 31.4 Å². The molecule has 1 N–H and O–H groups in total. The average molecular weight is 344 g/mol. The van der Waals surface area contributed by atoms with Crippen molar-refractivity contribution in [2.75, 3.05) is 27.1 Å². The summed E-state index contributed by atoms with van der Waals surface area (Å²) in [6.45, 7) is 4.84. The van der Waals surface area contributed by atoms with Gasteiger partial charge in [0.25, 0.3) is 0 Å². The Morgan fingerprint density at radius 1 is 1.21 bits per heavy atom. The largest absolute Gasteiger partial charge is 0.386 e. The molecule has 0 saturated carbocycles. The molecule has 3 aliphatic rings. The second kappa shape index (κ2) is 7.78. The van der Waals surface area contributed by atoms with E-state index >= 15 is 0 Å². The highest BCUT2D eigenvalue weighted by Gasteiger charge is 2.51. The van der Waals surface area contributed by atoms with Gasteiger partial charge in [0.2, 0.25) is 0 Å². The second-order valence-corrected chi connectivity index (χ2v) is 6.90. The maximum Gasteiger partial charge on any atom is 0.164 e. The van der Waals surface area contributed by atoms with Gasteiger partial charge in [-0.2, -0.15) is 0 Å². The molecule has 7 heteroatoms. The molecule has 0 amide bonds. The van der Waals surface area contributed by atoms with Crippen LogP contribution in [0, 0.1) is 0 Å². The number of ether oxygens (including phenoxy) is 6. The molecule has 0 spiro atoms. The Balaban J connectivity index is 1.69. The van der Waals surface area contributed by atoms with Crippen molar-refractivity contribution in [2.24, 2.45) is 0 Å². The summed E-state index contributed by atoms with van der Waals surface area (Å²) in [5.74, 6) is -0.762. The first-order valence-electron chi connectivity index (χ1n) is 8.58. The van der Waals surface area contributed by atoms with E-state index in [-0.39, 0.29) is 19.2 Å². The lowest BCUT2D eigenvalue weighted by atomic mass is 9.90. The summed E-state index contributed by atoms with van der Waals surface area (Å²) < 4.78 is 34.1. The van der Waals surface area contributed by atoms with Crippen LogP contribution in [-0.2, 0) is 28.4 Å². The summed E-state index contributed by atoms with van der Waals surface area (Å²) in [4.78, 5) is 0. The lowest BCUT2D eigenvalue weighted by Gasteiger charge is -2.35. The SMILES string of the molecule is COCO[C@@H]1C(COC2CCCCO2)=C[C@H](O)[C@@H]2OC(C)(C)O[C@@H]21. The molecule has 2 saturated heterocycles. The van der Waals surface area contributed by atoms with E-state index in [4.69, 9.17) is 28.4 Å². The number of hydrogen-bond donors (Lipinski definition) is 1. The zero-order valence-electron chi connectivity index (χ0n) is 14.6. The molecule has 0 aromatic carbocycles. The minimum absolute atomic E-state index is 0.130. The highest BCUT2D eigenvalue weighted by molar-refractivity contribution is 5.22. The van der Waals surface area contributed by atoms with E-state index in [1.165, 1.54) is 0 Å². The summed E-state index contributed by atoms with van der Waals surface area (Å²) in [5.41, 5.74) is 0.830. The molecule has 5 atom stereocenters. The third kappa shape index (κ3) is 4.16. The summed E-state index contributed by atoms with van der Waals surface area (Å²) in [7, 11) is 1.57. The summed E-state index contributed by atoms with van der Waals surface area (Å²) in [6.07, 6.45) is 2.60. The molecule has 24 heavy (non-hydrogen) atoms. The third-order valence-electron chi connectivity index (χ3n) is 4.49. The van der Waals surface area contributed by atoms with E-state index in [2.05, 4.69) is 0 Å². The summed E-state index contributed by atoms with van der Waals surface area (Å²) >= 11 is 0. The van der Waals surface area contributed by atoms with Crippen LogP contribution in [0.3, 0.4) is 0 Å². The minimum atomic E-state index is -0.762. The lowest BCUT2D eigenvalue weighted by Crippen LogP contribution is -2.49. The van der Waals surface area contributed by atoms with Gasteiger partial charge in [0.05, 0.1) is 6.61 Å². The van der Waals surface area contributed by atoms with Gasteiger partial charge in [-0.3, -0.25) is 0 Å². The number of hydrogen-bond acceptors (Lipinski definition) is 7. The average Bonchev–Trinajstić information content (AvgIpc) is 2.89. The maximum absolute atomic E-state index is 10.4. The van der Waals surface area contributed by atoms with Crippen LogP contribution in [0.2, 0.25) is 0 Å². The number of rotatable bonds is 6. The molecular weight excluding hydrogens is 316 g/mol. The van der Waals surface area contributed by atoms with Crippen LogP contribution in [0.1, 0.15) is 33.1 Å². The van der Waals surface area contributed by atoms with E-state index in [1.807, 2.05) is 13.8 Å². The normalized spacial score (nSPS) is 38.7. The van der Waals surface area contributed by atoms with Gasteiger partial charge in [-0.1, -0.05) is 0 Å².